The molecule has 1 aromatic carbocycles. The van der Waals surface area contributed by atoms with Crippen LogP contribution >= 0.6 is 0 Å². The molecule has 0 aliphatic rings. The number of anilines is 1. The second-order valence-electron chi connectivity index (χ2n) is 3.61. The molecule has 0 saturated carbocycles. The van der Waals surface area contributed by atoms with Gasteiger partial charge in [-0.15, -0.1) is 0 Å². The zero-order valence-electron chi connectivity index (χ0n) is 9.28. The lowest BCUT2D eigenvalue weighted by Gasteiger charge is -2.17. The molecule has 0 aliphatic heterocycles. The minimum Gasteiger partial charge on any atom is -0.409 e. The molecular weight excluding hydrogens is 235 g/mol. The van der Waals surface area contributed by atoms with Gasteiger partial charge in [0, 0.05) is 25.3 Å². The fourth-order valence-electron chi connectivity index (χ4n) is 1.32. The van der Waals surface area contributed by atoms with Gasteiger partial charge in [-0.25, -0.2) is 0 Å². The summed E-state index contributed by atoms with van der Waals surface area (Å²) < 4.78 is 38.0. The molecule has 0 spiro atoms. The zero-order chi connectivity index (χ0) is 13.2. The lowest BCUT2D eigenvalue weighted by atomic mass is 10.0. The minimum absolute atomic E-state index is 0.341. The number of hydrogen-bond donors (Lipinski definition) is 2. The molecule has 4 nitrogen and oxygen atoms in total. The first-order valence-corrected chi connectivity index (χ1v) is 4.64. The van der Waals surface area contributed by atoms with Gasteiger partial charge in [-0.2, -0.15) is 13.2 Å². The van der Waals surface area contributed by atoms with Crippen molar-refractivity contribution in [2.75, 3.05) is 19.0 Å². The molecular formula is C10H12F3N3O. The van der Waals surface area contributed by atoms with E-state index in [0.29, 0.717) is 5.69 Å². The molecule has 17 heavy (non-hydrogen) atoms. The highest BCUT2D eigenvalue weighted by Gasteiger charge is 2.34. The lowest BCUT2D eigenvalue weighted by molar-refractivity contribution is -0.137. The maximum atomic E-state index is 12.7. The predicted molar refractivity (Wildman–Crippen MR) is 58.3 cm³/mol. The van der Waals surface area contributed by atoms with E-state index in [4.69, 9.17) is 10.9 Å². The van der Waals surface area contributed by atoms with E-state index in [1.807, 2.05) is 0 Å². The summed E-state index contributed by atoms with van der Waals surface area (Å²) in [5.41, 5.74) is 4.50. The van der Waals surface area contributed by atoms with Gasteiger partial charge in [-0.05, 0) is 18.2 Å². The van der Waals surface area contributed by atoms with E-state index >= 15 is 0 Å². The maximum absolute atomic E-state index is 12.7. The lowest BCUT2D eigenvalue weighted by Crippen LogP contribution is -2.21. The van der Waals surface area contributed by atoms with E-state index in [1.165, 1.54) is 12.1 Å². The Morgan fingerprint density at radius 1 is 1.35 bits per heavy atom. The first kappa shape index (κ1) is 13.1. The summed E-state index contributed by atoms with van der Waals surface area (Å²) in [5.74, 6) is -0.568. The molecule has 0 amide bonds. The van der Waals surface area contributed by atoms with E-state index in [0.717, 1.165) is 6.07 Å². The molecule has 3 N–H and O–H groups in total. The summed E-state index contributed by atoms with van der Waals surface area (Å²) in [4.78, 5) is 1.62. The van der Waals surface area contributed by atoms with Crippen LogP contribution < -0.4 is 10.6 Å². The molecule has 0 atom stereocenters. The van der Waals surface area contributed by atoms with Crippen molar-refractivity contribution >= 4 is 11.5 Å². The van der Waals surface area contributed by atoms with Crippen LogP contribution in [-0.2, 0) is 6.18 Å². The molecule has 94 valence electrons. The smallest absolute Gasteiger partial charge is 0.409 e. The van der Waals surface area contributed by atoms with Gasteiger partial charge in [0.2, 0.25) is 0 Å². The van der Waals surface area contributed by atoms with Gasteiger partial charge in [0.25, 0.3) is 0 Å². The van der Waals surface area contributed by atoms with Crippen molar-refractivity contribution in [3.63, 3.8) is 0 Å². The number of benzene rings is 1. The Kier molecular flexibility index (Phi) is 3.50. The summed E-state index contributed by atoms with van der Waals surface area (Å²) in [6.45, 7) is 0. The number of amidine groups is 1. The van der Waals surface area contributed by atoms with Crippen molar-refractivity contribution in [1.29, 1.82) is 0 Å². The molecule has 7 heteroatoms. The van der Waals surface area contributed by atoms with Gasteiger partial charge >= 0.3 is 6.18 Å². The molecule has 0 aliphatic carbocycles. The Morgan fingerprint density at radius 3 is 2.35 bits per heavy atom. The van der Waals surface area contributed by atoms with E-state index in [2.05, 4.69) is 5.16 Å². The Bertz CT molecular complexity index is 441. The van der Waals surface area contributed by atoms with Crippen LogP contribution in [0.2, 0.25) is 0 Å². The quantitative estimate of drug-likeness (QED) is 0.363. The van der Waals surface area contributed by atoms with Crippen LogP contribution in [0.5, 0.6) is 0 Å². The van der Waals surface area contributed by atoms with Crippen LogP contribution in [0.15, 0.2) is 23.4 Å². The van der Waals surface area contributed by atoms with Gasteiger partial charge in [0.1, 0.15) is 0 Å². The van der Waals surface area contributed by atoms with Gasteiger partial charge in [-0.1, -0.05) is 5.16 Å². The number of oxime groups is 1. The predicted octanol–water partition coefficient (Wildman–Crippen LogP) is 1.87. The average Bonchev–Trinajstić information content (AvgIpc) is 2.25. The van der Waals surface area contributed by atoms with E-state index < -0.39 is 17.6 Å². The highest BCUT2D eigenvalue weighted by molar-refractivity contribution is 5.99. The molecule has 0 saturated heterocycles. The highest BCUT2D eigenvalue weighted by atomic mass is 19.4. The molecule has 0 fully saturated rings. The third-order valence-electron chi connectivity index (χ3n) is 2.21. The van der Waals surface area contributed by atoms with Crippen molar-refractivity contribution in [2.24, 2.45) is 10.9 Å². The molecule has 1 rings (SSSR count). The van der Waals surface area contributed by atoms with Gasteiger partial charge in [0.05, 0.1) is 5.56 Å². The number of halogens is 3. The van der Waals surface area contributed by atoms with E-state index in [1.54, 1.807) is 19.0 Å². The third kappa shape index (κ3) is 2.80. The summed E-state index contributed by atoms with van der Waals surface area (Å²) in [6, 6.07) is 3.44. The first-order chi connectivity index (χ1) is 7.77. The number of nitrogens with zero attached hydrogens (tertiary/aromatic N) is 2. The van der Waals surface area contributed by atoms with Crippen molar-refractivity contribution in [2.45, 2.75) is 6.18 Å². The fraction of sp³-hybridized carbons (Fsp3) is 0.300. The monoisotopic (exact) mass is 247 g/mol. The first-order valence-electron chi connectivity index (χ1n) is 4.64. The van der Waals surface area contributed by atoms with Crippen molar-refractivity contribution in [3.05, 3.63) is 29.3 Å². The van der Waals surface area contributed by atoms with Crippen LogP contribution in [0.3, 0.4) is 0 Å². The molecule has 0 aromatic heterocycles. The Labute approximate surface area is 96.1 Å². The maximum Gasteiger partial charge on any atom is 0.417 e. The summed E-state index contributed by atoms with van der Waals surface area (Å²) in [5, 5.41) is 11.1. The summed E-state index contributed by atoms with van der Waals surface area (Å²) in [6.07, 6.45) is -4.55. The van der Waals surface area contributed by atoms with Crippen LogP contribution in [0, 0.1) is 0 Å². The van der Waals surface area contributed by atoms with Crippen LogP contribution in [0.25, 0.3) is 0 Å². The molecule has 1 aromatic rings. The second-order valence-corrected chi connectivity index (χ2v) is 3.61. The van der Waals surface area contributed by atoms with Gasteiger partial charge in [0.15, 0.2) is 5.84 Å². The van der Waals surface area contributed by atoms with Gasteiger partial charge in [-0.3, -0.25) is 0 Å². The molecule has 0 unspecified atom stereocenters. The fourth-order valence-corrected chi connectivity index (χ4v) is 1.32. The normalized spacial score (nSPS) is 12.6. The van der Waals surface area contributed by atoms with Crippen LogP contribution in [0.1, 0.15) is 11.1 Å². The minimum atomic E-state index is -4.55. The largest absolute Gasteiger partial charge is 0.417 e. The third-order valence-corrected chi connectivity index (χ3v) is 2.21. The zero-order valence-corrected chi connectivity index (χ0v) is 9.28. The van der Waals surface area contributed by atoms with Crippen LogP contribution in [-0.4, -0.2) is 25.1 Å². The summed E-state index contributed by atoms with van der Waals surface area (Å²) >= 11 is 0. The average molecular weight is 247 g/mol. The number of alkyl halides is 3. The van der Waals surface area contributed by atoms with Crippen molar-refractivity contribution < 1.29 is 18.4 Å². The summed E-state index contributed by atoms with van der Waals surface area (Å²) in [7, 11) is 3.36. The molecule has 0 radical (unpaired) electrons. The number of hydrogen-bond acceptors (Lipinski definition) is 3. The Hall–Kier alpha value is -1.92. The Morgan fingerprint density at radius 2 is 1.94 bits per heavy atom. The van der Waals surface area contributed by atoms with Gasteiger partial charge < -0.3 is 15.8 Å². The number of rotatable bonds is 2. The molecule has 0 bridgehead atoms. The standard InChI is InChI=1S/C10H12F3N3O/c1-16(2)6-3-4-8(10(11,12)13)7(5-6)9(14)15-17/h3-5,17H,1-2H3,(H2,14,15). The molecule has 0 heterocycles. The van der Waals surface area contributed by atoms with E-state index in [9.17, 15) is 13.2 Å². The topological polar surface area (TPSA) is 61.8 Å². The Balaban J connectivity index is 3.43. The highest BCUT2D eigenvalue weighted by Crippen LogP contribution is 2.33. The number of nitrogens with two attached hydrogens (primary N) is 1. The van der Waals surface area contributed by atoms with Crippen molar-refractivity contribution in [3.8, 4) is 0 Å². The van der Waals surface area contributed by atoms with Crippen molar-refractivity contribution in [1.82, 2.24) is 0 Å². The van der Waals surface area contributed by atoms with Crippen LogP contribution in [0.4, 0.5) is 18.9 Å². The SMILES string of the molecule is CN(C)c1ccc(C(F)(F)F)c(/C(N)=N/O)c1. The second kappa shape index (κ2) is 4.52. The van der Waals surface area contributed by atoms with E-state index in [-0.39, 0.29) is 5.56 Å².